The largest absolute Gasteiger partial charge is 0.383 e. The molecule has 0 aliphatic heterocycles. The van der Waals surface area contributed by atoms with Crippen molar-refractivity contribution < 1.29 is 27.1 Å². The van der Waals surface area contributed by atoms with Crippen LogP contribution in [-0.2, 0) is 26.0 Å². The molecule has 0 aliphatic carbocycles. The Labute approximate surface area is 195 Å². The van der Waals surface area contributed by atoms with Crippen molar-refractivity contribution in [3.8, 4) is 0 Å². The minimum Gasteiger partial charge on any atom is -0.383 e. The number of amides is 1. The molecule has 11 heteroatoms. The average Bonchev–Trinajstić information content (AvgIpc) is 3.17. The van der Waals surface area contributed by atoms with Crippen molar-refractivity contribution in [3.05, 3.63) is 58.6 Å². The minimum atomic E-state index is -3.79. The van der Waals surface area contributed by atoms with Gasteiger partial charge in [-0.2, -0.15) is 9.30 Å². The van der Waals surface area contributed by atoms with E-state index in [1.807, 2.05) is 6.92 Å². The van der Waals surface area contributed by atoms with Crippen molar-refractivity contribution in [1.29, 1.82) is 0 Å². The van der Waals surface area contributed by atoms with Gasteiger partial charge in [-0.05, 0) is 43.3 Å². The quantitative estimate of drug-likeness (QED) is 0.432. The first-order valence-corrected chi connectivity index (χ1v) is 12.5. The molecule has 2 aromatic carbocycles. The Morgan fingerprint density at radius 2 is 1.73 bits per heavy atom. The second-order valence-electron chi connectivity index (χ2n) is 7.05. The van der Waals surface area contributed by atoms with Crippen molar-refractivity contribution >= 4 is 37.5 Å². The Balaban J connectivity index is 1.90. The number of fused-ring (bicyclic) bond motifs is 1. The summed E-state index contributed by atoms with van der Waals surface area (Å²) in [5.41, 5.74) is 0.639. The van der Waals surface area contributed by atoms with Gasteiger partial charge in [-0.1, -0.05) is 17.4 Å². The number of ether oxygens (including phenoxy) is 2. The van der Waals surface area contributed by atoms with Crippen molar-refractivity contribution in [2.24, 2.45) is 4.99 Å². The van der Waals surface area contributed by atoms with Crippen molar-refractivity contribution in [1.82, 2.24) is 8.87 Å². The van der Waals surface area contributed by atoms with Gasteiger partial charge in [0, 0.05) is 39.4 Å². The van der Waals surface area contributed by atoms with Gasteiger partial charge < -0.3 is 14.0 Å². The number of rotatable bonds is 10. The van der Waals surface area contributed by atoms with Crippen LogP contribution >= 0.6 is 11.3 Å². The van der Waals surface area contributed by atoms with Crippen LogP contribution in [0.3, 0.4) is 0 Å². The number of carbonyl (C=O) groups is 1. The molecule has 0 radical (unpaired) electrons. The smallest absolute Gasteiger partial charge is 0.279 e. The lowest BCUT2D eigenvalue weighted by Gasteiger charge is -2.21. The zero-order chi connectivity index (χ0) is 24.0. The summed E-state index contributed by atoms with van der Waals surface area (Å²) in [6.45, 7) is 3.14. The van der Waals surface area contributed by atoms with Crippen LogP contribution in [0.4, 0.5) is 4.39 Å². The fourth-order valence-corrected chi connectivity index (χ4v) is 5.79. The predicted octanol–water partition coefficient (Wildman–Crippen LogP) is 2.89. The van der Waals surface area contributed by atoms with E-state index in [4.69, 9.17) is 9.47 Å². The van der Waals surface area contributed by atoms with Crippen LogP contribution in [0.5, 0.6) is 0 Å². The highest BCUT2D eigenvalue weighted by Gasteiger charge is 2.24. The molecule has 1 amide bonds. The molecule has 0 unspecified atom stereocenters. The number of halogens is 1. The molecule has 0 saturated heterocycles. The molecule has 0 fully saturated rings. The monoisotopic (exact) mass is 495 g/mol. The summed E-state index contributed by atoms with van der Waals surface area (Å²) >= 11 is 1.22. The summed E-state index contributed by atoms with van der Waals surface area (Å²) in [7, 11) is -0.795. The normalized spacial score (nSPS) is 12.7. The van der Waals surface area contributed by atoms with Crippen molar-refractivity contribution in [2.45, 2.75) is 18.4 Å². The maximum Gasteiger partial charge on any atom is 0.279 e. The van der Waals surface area contributed by atoms with Crippen molar-refractivity contribution in [2.75, 3.05) is 40.5 Å². The van der Waals surface area contributed by atoms with Gasteiger partial charge >= 0.3 is 0 Å². The second kappa shape index (κ2) is 11.1. The Morgan fingerprint density at radius 1 is 1.09 bits per heavy atom. The van der Waals surface area contributed by atoms with E-state index in [1.54, 1.807) is 16.7 Å². The topological polar surface area (TPSA) is 90.2 Å². The van der Waals surface area contributed by atoms with Gasteiger partial charge in [0.05, 0.1) is 28.3 Å². The number of thiazole rings is 1. The van der Waals surface area contributed by atoms with Gasteiger partial charge in [-0.25, -0.2) is 12.8 Å². The number of hydrogen-bond donors (Lipinski definition) is 0. The third-order valence-corrected chi connectivity index (χ3v) is 7.95. The summed E-state index contributed by atoms with van der Waals surface area (Å²) in [6.07, 6.45) is 0. The molecule has 1 heterocycles. The van der Waals surface area contributed by atoms with Crippen molar-refractivity contribution in [3.63, 3.8) is 0 Å². The van der Waals surface area contributed by atoms with Gasteiger partial charge in [0.1, 0.15) is 5.82 Å². The van der Waals surface area contributed by atoms with E-state index < -0.39 is 15.9 Å². The fraction of sp³-hybridized carbons (Fsp3) is 0.364. The van der Waals surface area contributed by atoms with Gasteiger partial charge in [0.15, 0.2) is 4.80 Å². The van der Waals surface area contributed by atoms with E-state index in [0.717, 1.165) is 0 Å². The number of carbonyl (C=O) groups excluding carboxylic acids is 1. The van der Waals surface area contributed by atoms with Crippen LogP contribution in [0.25, 0.3) is 10.2 Å². The number of sulfonamides is 1. The van der Waals surface area contributed by atoms with E-state index in [1.165, 1.54) is 60.2 Å². The van der Waals surface area contributed by atoms with Crippen LogP contribution in [-0.4, -0.2) is 63.7 Å². The van der Waals surface area contributed by atoms with E-state index in [2.05, 4.69) is 4.99 Å². The van der Waals surface area contributed by atoms with Gasteiger partial charge in [-0.3, -0.25) is 4.79 Å². The zero-order valence-electron chi connectivity index (χ0n) is 18.7. The molecule has 0 atom stereocenters. The standard InChI is InChI=1S/C22H26FN3O5S2/c1-4-26-20-18(23)6-5-7-19(20)32-22(26)24-21(27)16-8-10-17(11-9-16)33(28,29)25(12-14-30-2)13-15-31-3/h5-11H,4,12-15H2,1-3H3. The maximum atomic E-state index is 14.3. The van der Waals surface area contributed by atoms with E-state index in [9.17, 15) is 17.6 Å². The highest BCUT2D eigenvalue weighted by Crippen LogP contribution is 2.21. The molecule has 0 saturated carbocycles. The molecule has 3 rings (SSSR count). The molecule has 3 aromatic rings. The number of aromatic nitrogens is 1. The summed E-state index contributed by atoms with van der Waals surface area (Å²) in [5, 5.41) is 0. The Morgan fingerprint density at radius 3 is 2.30 bits per heavy atom. The number of methoxy groups -OCH3 is 2. The van der Waals surface area contributed by atoms with E-state index >= 15 is 0 Å². The lowest BCUT2D eigenvalue weighted by molar-refractivity contribution is 0.0997. The van der Waals surface area contributed by atoms with E-state index in [0.29, 0.717) is 21.6 Å². The molecular weight excluding hydrogens is 469 g/mol. The molecule has 0 N–H and O–H groups in total. The summed E-state index contributed by atoms with van der Waals surface area (Å²) in [5.74, 6) is -0.913. The minimum absolute atomic E-state index is 0.0545. The molecule has 0 bridgehead atoms. The van der Waals surface area contributed by atoms with Crippen LogP contribution in [0, 0.1) is 5.82 Å². The molecule has 33 heavy (non-hydrogen) atoms. The van der Waals surface area contributed by atoms with E-state index in [-0.39, 0.29) is 42.6 Å². The SMILES string of the molecule is CCn1c(=NC(=O)c2ccc(S(=O)(=O)N(CCOC)CCOC)cc2)sc2cccc(F)c21. The zero-order valence-corrected chi connectivity index (χ0v) is 20.3. The highest BCUT2D eigenvalue weighted by molar-refractivity contribution is 7.89. The number of aryl methyl sites for hydroxylation is 1. The molecule has 0 aliphatic rings. The summed E-state index contributed by atoms with van der Waals surface area (Å²) in [6, 6.07) is 10.4. The average molecular weight is 496 g/mol. The Bertz CT molecular complexity index is 1280. The molecule has 8 nitrogen and oxygen atoms in total. The fourth-order valence-electron chi connectivity index (χ4n) is 3.27. The van der Waals surface area contributed by atoms with Crippen LogP contribution < -0.4 is 4.80 Å². The first kappa shape index (κ1) is 25.2. The Hall–Kier alpha value is -2.44. The lowest BCUT2D eigenvalue weighted by atomic mass is 10.2. The molecule has 178 valence electrons. The molecular formula is C22H26FN3O5S2. The number of hydrogen-bond acceptors (Lipinski definition) is 6. The predicted molar refractivity (Wildman–Crippen MR) is 124 cm³/mol. The highest BCUT2D eigenvalue weighted by atomic mass is 32.2. The number of benzene rings is 2. The second-order valence-corrected chi connectivity index (χ2v) is 9.99. The summed E-state index contributed by atoms with van der Waals surface area (Å²) < 4.78 is 53.9. The molecule has 1 aromatic heterocycles. The third-order valence-electron chi connectivity index (χ3n) is 4.99. The maximum absolute atomic E-state index is 14.3. The van der Waals surface area contributed by atoms with Gasteiger partial charge in [0.2, 0.25) is 10.0 Å². The summed E-state index contributed by atoms with van der Waals surface area (Å²) in [4.78, 5) is 17.4. The van der Waals surface area contributed by atoms with Gasteiger partial charge in [0.25, 0.3) is 5.91 Å². The lowest BCUT2D eigenvalue weighted by Crippen LogP contribution is -2.36. The van der Waals surface area contributed by atoms with Crippen LogP contribution in [0.1, 0.15) is 17.3 Å². The molecule has 0 spiro atoms. The first-order valence-electron chi connectivity index (χ1n) is 10.3. The van der Waals surface area contributed by atoms with Crippen LogP contribution in [0.15, 0.2) is 52.4 Å². The number of para-hydroxylation sites is 1. The van der Waals surface area contributed by atoms with Crippen LogP contribution in [0.2, 0.25) is 0 Å². The third kappa shape index (κ3) is 5.56. The van der Waals surface area contributed by atoms with Gasteiger partial charge in [-0.15, -0.1) is 0 Å². The number of nitrogens with zero attached hydrogens (tertiary/aromatic N) is 3. The first-order chi connectivity index (χ1) is 15.8. The Kier molecular flexibility index (Phi) is 8.49.